The van der Waals surface area contributed by atoms with Crippen molar-refractivity contribution in [1.29, 1.82) is 0 Å². The second-order valence-corrected chi connectivity index (χ2v) is 8.47. The lowest BCUT2D eigenvalue weighted by Gasteiger charge is -2.39. The van der Waals surface area contributed by atoms with Crippen molar-refractivity contribution in [2.24, 2.45) is 0 Å². The summed E-state index contributed by atoms with van der Waals surface area (Å²) in [6.45, 7) is 3.96. The van der Waals surface area contributed by atoms with E-state index in [2.05, 4.69) is 4.98 Å². The highest BCUT2D eigenvalue weighted by Crippen LogP contribution is 2.24. The normalized spacial score (nSPS) is 21.8. The van der Waals surface area contributed by atoms with Gasteiger partial charge >= 0.3 is 0 Å². The van der Waals surface area contributed by atoms with Crippen molar-refractivity contribution in [3.05, 3.63) is 36.4 Å². The molecule has 1 aliphatic heterocycles. The van der Waals surface area contributed by atoms with E-state index in [-0.39, 0.29) is 23.0 Å². The predicted molar refractivity (Wildman–Crippen MR) is 93.4 cm³/mol. The molecule has 24 heavy (non-hydrogen) atoms. The molecule has 1 amide bonds. The first-order valence-electron chi connectivity index (χ1n) is 8.28. The molecule has 3 rings (SSSR count). The number of aromatic nitrogens is 1. The van der Waals surface area contributed by atoms with Gasteiger partial charge in [-0.05, 0) is 51.3 Å². The summed E-state index contributed by atoms with van der Waals surface area (Å²) in [5, 5.41) is 0.841. The zero-order valence-electron chi connectivity index (χ0n) is 14.0. The molecule has 2 atom stereocenters. The van der Waals surface area contributed by atoms with E-state index in [0.29, 0.717) is 5.52 Å². The van der Waals surface area contributed by atoms with E-state index >= 15 is 0 Å². The largest absolute Gasteiger partial charge is 0.336 e. The molecule has 0 saturated carbocycles. The molecule has 6 heteroatoms. The average Bonchev–Trinajstić information content (AvgIpc) is 2.53. The van der Waals surface area contributed by atoms with E-state index in [1.807, 2.05) is 32.0 Å². The van der Waals surface area contributed by atoms with Crippen LogP contribution in [0.2, 0.25) is 0 Å². The topological polar surface area (TPSA) is 67.3 Å². The van der Waals surface area contributed by atoms with Crippen LogP contribution in [-0.4, -0.2) is 42.0 Å². The standard InChI is InChI=1S/C18H22N2O3S/c1-13-6-5-7-14(2)20(13)18(21)12-24(22,23)17-11-10-15-8-3-4-9-16(15)19-17/h3-4,8-11,13-14H,5-7,12H2,1-2H3/t13-,14-/m1/s1. The fraction of sp³-hybridized carbons (Fsp3) is 0.444. The maximum atomic E-state index is 12.6. The number of sulfone groups is 1. The number of likely N-dealkylation sites (tertiary alicyclic amines) is 1. The number of fused-ring (bicyclic) bond motifs is 1. The molecule has 0 aliphatic carbocycles. The molecule has 128 valence electrons. The van der Waals surface area contributed by atoms with Crippen LogP contribution in [0, 0.1) is 0 Å². The van der Waals surface area contributed by atoms with Gasteiger partial charge in [0.2, 0.25) is 15.7 Å². The Morgan fingerprint density at radius 1 is 1.12 bits per heavy atom. The van der Waals surface area contributed by atoms with Gasteiger partial charge in [0, 0.05) is 17.5 Å². The minimum absolute atomic E-state index is 0.0353. The van der Waals surface area contributed by atoms with Crippen molar-refractivity contribution in [3.8, 4) is 0 Å². The molecule has 1 saturated heterocycles. The molecule has 2 heterocycles. The zero-order valence-corrected chi connectivity index (χ0v) is 14.8. The Morgan fingerprint density at radius 3 is 2.50 bits per heavy atom. The van der Waals surface area contributed by atoms with Crippen molar-refractivity contribution >= 4 is 26.6 Å². The minimum Gasteiger partial charge on any atom is -0.336 e. The van der Waals surface area contributed by atoms with E-state index in [0.717, 1.165) is 24.6 Å². The molecule has 1 aromatic carbocycles. The average molecular weight is 346 g/mol. The molecule has 5 nitrogen and oxygen atoms in total. The first-order chi connectivity index (χ1) is 11.4. The molecule has 0 N–H and O–H groups in total. The number of benzene rings is 1. The van der Waals surface area contributed by atoms with E-state index in [1.54, 1.807) is 17.0 Å². The highest BCUT2D eigenvalue weighted by molar-refractivity contribution is 7.92. The quantitative estimate of drug-likeness (QED) is 0.857. The van der Waals surface area contributed by atoms with Crippen molar-refractivity contribution in [1.82, 2.24) is 9.88 Å². The summed E-state index contributed by atoms with van der Waals surface area (Å²) in [5.41, 5.74) is 0.616. The van der Waals surface area contributed by atoms with Crippen LogP contribution in [0.15, 0.2) is 41.4 Å². The van der Waals surface area contributed by atoms with E-state index < -0.39 is 15.6 Å². The summed E-state index contributed by atoms with van der Waals surface area (Å²) in [6, 6.07) is 10.7. The number of carbonyl (C=O) groups excluding carboxylic acids is 1. The van der Waals surface area contributed by atoms with Gasteiger partial charge in [-0.3, -0.25) is 4.79 Å². The lowest BCUT2D eigenvalue weighted by Crippen LogP contribution is -2.49. The van der Waals surface area contributed by atoms with Gasteiger partial charge in [0.1, 0.15) is 5.75 Å². The maximum Gasteiger partial charge on any atom is 0.238 e. The zero-order chi connectivity index (χ0) is 17.3. The Morgan fingerprint density at radius 2 is 1.79 bits per heavy atom. The van der Waals surface area contributed by atoms with Gasteiger partial charge in [-0.25, -0.2) is 13.4 Å². The summed E-state index contributed by atoms with van der Waals surface area (Å²) in [7, 11) is -3.75. The van der Waals surface area contributed by atoms with Crippen LogP contribution in [0.5, 0.6) is 0 Å². The Labute approximate surface area is 142 Å². The fourth-order valence-electron chi connectivity index (χ4n) is 3.44. The number of para-hydroxylation sites is 1. The summed E-state index contributed by atoms with van der Waals surface area (Å²) in [5.74, 6) is -0.850. The Bertz CT molecular complexity index is 853. The molecule has 0 spiro atoms. The van der Waals surface area contributed by atoms with E-state index in [9.17, 15) is 13.2 Å². The number of amides is 1. The molecule has 1 fully saturated rings. The molecule has 2 aromatic rings. The van der Waals surface area contributed by atoms with Crippen LogP contribution in [0.4, 0.5) is 0 Å². The van der Waals surface area contributed by atoms with Gasteiger partial charge in [0.25, 0.3) is 0 Å². The van der Waals surface area contributed by atoms with Gasteiger partial charge in [0.15, 0.2) is 5.03 Å². The number of piperidine rings is 1. The molecule has 1 aliphatic rings. The highest BCUT2D eigenvalue weighted by atomic mass is 32.2. The monoisotopic (exact) mass is 346 g/mol. The van der Waals surface area contributed by atoms with Crippen molar-refractivity contribution < 1.29 is 13.2 Å². The maximum absolute atomic E-state index is 12.6. The number of rotatable bonds is 3. The van der Waals surface area contributed by atoms with Crippen molar-refractivity contribution in [3.63, 3.8) is 0 Å². The van der Waals surface area contributed by atoms with Crippen LogP contribution in [0.3, 0.4) is 0 Å². The lowest BCUT2D eigenvalue weighted by atomic mass is 9.98. The van der Waals surface area contributed by atoms with Crippen LogP contribution in [0.25, 0.3) is 10.9 Å². The number of hydrogen-bond acceptors (Lipinski definition) is 4. The van der Waals surface area contributed by atoms with Crippen molar-refractivity contribution in [2.75, 3.05) is 5.75 Å². The number of hydrogen-bond donors (Lipinski definition) is 0. The highest BCUT2D eigenvalue weighted by Gasteiger charge is 2.32. The van der Waals surface area contributed by atoms with E-state index in [1.165, 1.54) is 6.07 Å². The van der Waals surface area contributed by atoms with Crippen LogP contribution >= 0.6 is 0 Å². The second kappa shape index (κ2) is 6.51. The molecule has 0 bridgehead atoms. The SMILES string of the molecule is C[C@@H]1CCC[C@@H](C)N1C(=O)CS(=O)(=O)c1ccc2ccccc2n1. The third-order valence-electron chi connectivity index (χ3n) is 4.69. The Balaban J connectivity index is 1.85. The van der Waals surface area contributed by atoms with Gasteiger partial charge < -0.3 is 4.90 Å². The first kappa shape index (κ1) is 16.9. The molecular weight excluding hydrogens is 324 g/mol. The summed E-state index contributed by atoms with van der Waals surface area (Å²) in [6.07, 6.45) is 2.92. The number of nitrogens with zero attached hydrogens (tertiary/aromatic N) is 2. The summed E-state index contributed by atoms with van der Waals surface area (Å²) in [4.78, 5) is 18.5. The first-order valence-corrected chi connectivity index (χ1v) is 9.93. The molecule has 0 radical (unpaired) electrons. The number of carbonyl (C=O) groups is 1. The van der Waals surface area contributed by atoms with E-state index in [4.69, 9.17) is 0 Å². The lowest BCUT2D eigenvalue weighted by molar-refractivity contribution is -0.134. The van der Waals surface area contributed by atoms with Crippen LogP contribution in [-0.2, 0) is 14.6 Å². The number of pyridine rings is 1. The Kier molecular flexibility index (Phi) is 4.58. The third kappa shape index (κ3) is 3.29. The van der Waals surface area contributed by atoms with Crippen molar-refractivity contribution in [2.45, 2.75) is 50.2 Å². The molecular formula is C18H22N2O3S. The predicted octanol–water partition coefficient (Wildman–Crippen LogP) is 2.80. The van der Waals surface area contributed by atoms with Gasteiger partial charge in [-0.15, -0.1) is 0 Å². The smallest absolute Gasteiger partial charge is 0.238 e. The van der Waals surface area contributed by atoms with Gasteiger partial charge in [-0.2, -0.15) is 0 Å². The van der Waals surface area contributed by atoms with Crippen LogP contribution in [0.1, 0.15) is 33.1 Å². The third-order valence-corrected chi connectivity index (χ3v) is 6.18. The van der Waals surface area contributed by atoms with Crippen LogP contribution < -0.4 is 0 Å². The minimum atomic E-state index is -3.75. The molecule has 0 unspecified atom stereocenters. The van der Waals surface area contributed by atoms with Gasteiger partial charge in [0.05, 0.1) is 5.52 Å². The summed E-state index contributed by atoms with van der Waals surface area (Å²) >= 11 is 0. The second-order valence-electron chi connectivity index (χ2n) is 6.53. The Hall–Kier alpha value is -1.95. The fourth-order valence-corrected chi connectivity index (χ4v) is 4.58. The summed E-state index contributed by atoms with van der Waals surface area (Å²) < 4.78 is 25.3. The molecule has 1 aromatic heterocycles. The van der Waals surface area contributed by atoms with Gasteiger partial charge in [-0.1, -0.05) is 18.2 Å².